The maximum atomic E-state index is 4.75. The van der Waals surface area contributed by atoms with Gasteiger partial charge in [-0.3, -0.25) is 4.98 Å². The molecule has 2 aromatic rings. The van der Waals surface area contributed by atoms with Crippen LogP contribution in [0.5, 0.6) is 0 Å². The zero-order valence-electron chi connectivity index (χ0n) is 9.98. The van der Waals surface area contributed by atoms with Gasteiger partial charge in [-0.25, -0.2) is 4.98 Å². The fourth-order valence-electron chi connectivity index (χ4n) is 2.32. The van der Waals surface area contributed by atoms with Gasteiger partial charge in [-0.15, -0.1) is 0 Å². The van der Waals surface area contributed by atoms with Crippen LogP contribution in [-0.4, -0.2) is 21.1 Å². The summed E-state index contributed by atoms with van der Waals surface area (Å²) in [5.41, 5.74) is 3.86. The molecule has 4 heteroatoms. The minimum absolute atomic E-state index is 0.881. The van der Waals surface area contributed by atoms with Gasteiger partial charge in [-0.1, -0.05) is 0 Å². The van der Waals surface area contributed by atoms with Crippen LogP contribution in [0.15, 0.2) is 24.5 Å². The second-order valence-corrected chi connectivity index (χ2v) is 4.44. The van der Waals surface area contributed by atoms with Crippen LogP contribution in [0.4, 0.5) is 0 Å². The number of fused-ring (bicyclic) bond motifs is 1. The molecular weight excluding hydrogens is 212 g/mol. The predicted molar refractivity (Wildman–Crippen MR) is 65.7 cm³/mol. The third kappa shape index (κ3) is 1.96. The van der Waals surface area contributed by atoms with Gasteiger partial charge in [-0.2, -0.15) is 0 Å². The second kappa shape index (κ2) is 4.30. The first-order valence-electron chi connectivity index (χ1n) is 5.97. The lowest BCUT2D eigenvalue weighted by molar-refractivity contribution is 0.604. The lowest BCUT2D eigenvalue weighted by Gasteiger charge is -2.13. The summed E-state index contributed by atoms with van der Waals surface area (Å²) in [5, 5.41) is 3.39. The lowest BCUT2D eigenvalue weighted by atomic mass is 10.2. The molecule has 3 heterocycles. The Morgan fingerprint density at radius 1 is 1.35 bits per heavy atom. The molecule has 2 aromatic heterocycles. The van der Waals surface area contributed by atoms with E-state index in [2.05, 4.69) is 21.9 Å². The Hall–Kier alpha value is -1.68. The van der Waals surface area contributed by atoms with E-state index in [0.717, 1.165) is 31.8 Å². The molecule has 88 valence electrons. The van der Waals surface area contributed by atoms with Gasteiger partial charge in [0.1, 0.15) is 5.82 Å². The van der Waals surface area contributed by atoms with E-state index in [1.807, 2.05) is 24.5 Å². The van der Waals surface area contributed by atoms with Gasteiger partial charge in [-0.05, 0) is 17.7 Å². The average molecular weight is 228 g/mol. The fourth-order valence-corrected chi connectivity index (χ4v) is 2.32. The normalized spacial score (nSPS) is 14.6. The molecule has 0 spiro atoms. The van der Waals surface area contributed by atoms with E-state index in [0.29, 0.717) is 0 Å². The third-order valence-corrected chi connectivity index (χ3v) is 3.33. The number of nitrogens with one attached hydrogen (secondary N) is 1. The molecule has 0 amide bonds. The largest absolute Gasteiger partial charge is 0.333 e. The maximum absolute atomic E-state index is 4.75. The molecule has 0 fully saturated rings. The van der Waals surface area contributed by atoms with Crippen molar-refractivity contribution < 1.29 is 0 Å². The van der Waals surface area contributed by atoms with E-state index in [-0.39, 0.29) is 0 Å². The standard InChI is InChI=1S/C13H16N4/c1-17-12-9-15-7-4-11(12)16-13(17)8-10-2-5-14-6-3-10/h2-3,5-6,15H,4,7-9H2,1H3. The highest BCUT2D eigenvalue weighted by Gasteiger charge is 2.17. The second-order valence-electron chi connectivity index (χ2n) is 4.44. The first kappa shape index (κ1) is 10.5. The van der Waals surface area contributed by atoms with Crippen molar-refractivity contribution in [1.29, 1.82) is 0 Å². The summed E-state index contributed by atoms with van der Waals surface area (Å²) in [5.74, 6) is 1.14. The molecule has 0 aromatic carbocycles. The molecule has 4 nitrogen and oxygen atoms in total. The minimum atomic E-state index is 0.881. The van der Waals surface area contributed by atoms with Gasteiger partial charge in [0.2, 0.25) is 0 Å². The van der Waals surface area contributed by atoms with Gasteiger partial charge >= 0.3 is 0 Å². The van der Waals surface area contributed by atoms with E-state index in [1.165, 1.54) is 17.0 Å². The molecule has 0 unspecified atom stereocenters. The molecule has 0 bridgehead atoms. The summed E-state index contributed by atoms with van der Waals surface area (Å²) in [6, 6.07) is 4.10. The molecule has 0 aliphatic carbocycles. The summed E-state index contributed by atoms with van der Waals surface area (Å²) in [6.45, 7) is 1.98. The van der Waals surface area contributed by atoms with Gasteiger partial charge in [0, 0.05) is 45.4 Å². The van der Waals surface area contributed by atoms with Crippen LogP contribution in [0.3, 0.4) is 0 Å². The number of nitrogens with zero attached hydrogens (tertiary/aromatic N) is 3. The summed E-state index contributed by atoms with van der Waals surface area (Å²) in [6.07, 6.45) is 5.59. The number of aromatic nitrogens is 3. The van der Waals surface area contributed by atoms with Crippen molar-refractivity contribution in [1.82, 2.24) is 19.9 Å². The molecule has 1 aliphatic rings. The molecule has 3 rings (SSSR count). The zero-order valence-corrected chi connectivity index (χ0v) is 9.98. The zero-order chi connectivity index (χ0) is 11.7. The third-order valence-electron chi connectivity index (χ3n) is 3.33. The highest BCUT2D eigenvalue weighted by atomic mass is 15.1. The lowest BCUT2D eigenvalue weighted by Crippen LogP contribution is -2.24. The number of hydrogen-bond acceptors (Lipinski definition) is 3. The molecule has 0 radical (unpaired) electrons. The first-order chi connectivity index (χ1) is 8.34. The highest BCUT2D eigenvalue weighted by molar-refractivity contribution is 5.23. The van der Waals surface area contributed by atoms with E-state index in [1.54, 1.807) is 0 Å². The topological polar surface area (TPSA) is 42.7 Å². The number of pyridine rings is 1. The van der Waals surface area contributed by atoms with Crippen LogP contribution >= 0.6 is 0 Å². The average Bonchev–Trinajstić information content (AvgIpc) is 2.68. The van der Waals surface area contributed by atoms with Crippen LogP contribution in [-0.2, 0) is 26.4 Å². The van der Waals surface area contributed by atoms with Gasteiger partial charge in [0.25, 0.3) is 0 Å². The van der Waals surface area contributed by atoms with Crippen molar-refractivity contribution in [2.45, 2.75) is 19.4 Å². The summed E-state index contributed by atoms with van der Waals surface area (Å²) >= 11 is 0. The predicted octanol–water partition coefficient (Wildman–Crippen LogP) is 1.05. The van der Waals surface area contributed by atoms with E-state index in [4.69, 9.17) is 4.98 Å². The molecule has 17 heavy (non-hydrogen) atoms. The fraction of sp³-hybridized carbons (Fsp3) is 0.385. The Labute approximate surface area is 101 Å². The molecular formula is C13H16N4. The van der Waals surface area contributed by atoms with Crippen molar-refractivity contribution in [2.75, 3.05) is 6.54 Å². The molecule has 0 saturated heterocycles. The molecule has 1 aliphatic heterocycles. The summed E-state index contributed by atoms with van der Waals surface area (Å²) in [4.78, 5) is 8.79. The summed E-state index contributed by atoms with van der Waals surface area (Å²) < 4.78 is 2.22. The van der Waals surface area contributed by atoms with Crippen LogP contribution in [0.25, 0.3) is 0 Å². The van der Waals surface area contributed by atoms with Crippen molar-refractivity contribution in [2.24, 2.45) is 7.05 Å². The van der Waals surface area contributed by atoms with Crippen molar-refractivity contribution >= 4 is 0 Å². The van der Waals surface area contributed by atoms with Gasteiger partial charge in [0.15, 0.2) is 0 Å². The Morgan fingerprint density at radius 3 is 2.94 bits per heavy atom. The van der Waals surface area contributed by atoms with Gasteiger partial charge < -0.3 is 9.88 Å². The van der Waals surface area contributed by atoms with E-state index in [9.17, 15) is 0 Å². The van der Waals surface area contributed by atoms with Crippen LogP contribution in [0, 0.1) is 0 Å². The molecule has 0 atom stereocenters. The van der Waals surface area contributed by atoms with Crippen LogP contribution in [0.1, 0.15) is 22.8 Å². The quantitative estimate of drug-likeness (QED) is 0.835. The SMILES string of the molecule is Cn1c(Cc2ccncc2)nc2c1CNCC2. The Bertz CT molecular complexity index is 516. The smallest absolute Gasteiger partial charge is 0.113 e. The van der Waals surface area contributed by atoms with E-state index >= 15 is 0 Å². The maximum Gasteiger partial charge on any atom is 0.113 e. The highest BCUT2D eigenvalue weighted by Crippen LogP contribution is 2.16. The first-order valence-corrected chi connectivity index (χ1v) is 5.97. The summed E-state index contributed by atoms with van der Waals surface area (Å²) in [7, 11) is 2.11. The number of hydrogen-bond donors (Lipinski definition) is 1. The Morgan fingerprint density at radius 2 is 2.18 bits per heavy atom. The van der Waals surface area contributed by atoms with Crippen LogP contribution in [0.2, 0.25) is 0 Å². The minimum Gasteiger partial charge on any atom is -0.333 e. The monoisotopic (exact) mass is 228 g/mol. The number of imidazole rings is 1. The Kier molecular flexibility index (Phi) is 2.65. The van der Waals surface area contributed by atoms with Crippen molar-refractivity contribution in [3.8, 4) is 0 Å². The van der Waals surface area contributed by atoms with Gasteiger partial charge in [0.05, 0.1) is 11.4 Å². The van der Waals surface area contributed by atoms with Crippen LogP contribution < -0.4 is 5.32 Å². The van der Waals surface area contributed by atoms with Crippen molar-refractivity contribution in [3.63, 3.8) is 0 Å². The molecule has 0 saturated carbocycles. The van der Waals surface area contributed by atoms with E-state index < -0.39 is 0 Å². The van der Waals surface area contributed by atoms with Crippen molar-refractivity contribution in [3.05, 3.63) is 47.3 Å². The number of rotatable bonds is 2. The Balaban J connectivity index is 1.91. The molecule has 1 N–H and O–H groups in total.